The minimum Gasteiger partial charge on any atom is -0.399 e. The molecule has 0 fully saturated rings. The van der Waals surface area contributed by atoms with Gasteiger partial charge in [-0.2, -0.15) is 0 Å². The molecule has 6 nitrogen and oxygen atoms in total. The van der Waals surface area contributed by atoms with Crippen molar-refractivity contribution in [1.82, 2.24) is 4.90 Å². The van der Waals surface area contributed by atoms with Gasteiger partial charge in [-0.25, -0.2) is 0 Å². The van der Waals surface area contributed by atoms with Gasteiger partial charge in [-0.3, -0.25) is 19.4 Å². The molecule has 0 unspecified atom stereocenters. The van der Waals surface area contributed by atoms with Crippen molar-refractivity contribution in [1.29, 1.82) is 0 Å². The van der Waals surface area contributed by atoms with Gasteiger partial charge in [0.1, 0.15) is 0 Å². The molecule has 32 heavy (non-hydrogen) atoms. The lowest BCUT2D eigenvalue weighted by molar-refractivity contribution is 0.0836. The van der Waals surface area contributed by atoms with Crippen molar-refractivity contribution in [3.63, 3.8) is 0 Å². The van der Waals surface area contributed by atoms with Gasteiger partial charge in [-0.15, -0.1) is 0 Å². The van der Waals surface area contributed by atoms with Crippen molar-refractivity contribution in [3.8, 4) is 0 Å². The standard InChI is InChI=1S/C26H20N4O2/c27-19-4-1-6-21(14-19)29(22-7-2-5-20(28)15-22)25(31)17-10-12-18(13-11-17)26(32)30-23-8-3-9-24(30)16-23/h1-16H,27-28H2. The number of carbonyl (C=O) groups excluding carboxylic acids is 2. The van der Waals surface area contributed by atoms with Crippen LogP contribution in [-0.4, -0.2) is 16.7 Å². The first kappa shape index (κ1) is 19.4. The molecule has 2 heterocycles. The second kappa shape index (κ2) is 7.59. The summed E-state index contributed by atoms with van der Waals surface area (Å²) in [5, 5.41) is 0. The number of nitrogens with two attached hydrogens (primary N) is 2. The number of nitrogens with zero attached hydrogens (tertiary/aromatic N) is 2. The van der Waals surface area contributed by atoms with Crippen LogP contribution in [0.15, 0.2) is 108 Å². The summed E-state index contributed by atoms with van der Waals surface area (Å²) in [4.78, 5) is 29.6. The fraction of sp³-hybridized carbons (Fsp3) is 0. The van der Waals surface area contributed by atoms with Crippen LogP contribution in [0.2, 0.25) is 0 Å². The molecule has 0 radical (unpaired) electrons. The van der Waals surface area contributed by atoms with Gasteiger partial charge in [0, 0.05) is 22.5 Å². The van der Waals surface area contributed by atoms with E-state index in [0.717, 1.165) is 11.4 Å². The van der Waals surface area contributed by atoms with Crippen molar-refractivity contribution in [2.24, 2.45) is 0 Å². The van der Waals surface area contributed by atoms with E-state index in [9.17, 15) is 9.59 Å². The fourth-order valence-electron chi connectivity index (χ4n) is 3.81. The molecule has 0 saturated heterocycles. The summed E-state index contributed by atoms with van der Waals surface area (Å²) in [6, 6.07) is 20.9. The zero-order chi connectivity index (χ0) is 22.2. The Balaban J connectivity index is 1.46. The zero-order valence-electron chi connectivity index (χ0n) is 17.1. The number of carbonyl (C=O) groups is 2. The van der Waals surface area contributed by atoms with Gasteiger partial charge < -0.3 is 11.5 Å². The summed E-state index contributed by atoms with van der Waals surface area (Å²) in [7, 11) is 0. The first-order valence-corrected chi connectivity index (χ1v) is 10.1. The predicted octanol–water partition coefficient (Wildman–Crippen LogP) is 4.62. The summed E-state index contributed by atoms with van der Waals surface area (Å²) < 4.78 is 0. The Morgan fingerprint density at radius 2 is 1.34 bits per heavy atom. The Bertz CT molecular complexity index is 1280. The van der Waals surface area contributed by atoms with Crippen LogP contribution >= 0.6 is 0 Å². The topological polar surface area (TPSA) is 92.7 Å². The van der Waals surface area contributed by atoms with Crippen LogP contribution in [0.3, 0.4) is 0 Å². The Morgan fingerprint density at radius 3 is 1.84 bits per heavy atom. The second-order valence-electron chi connectivity index (χ2n) is 7.57. The van der Waals surface area contributed by atoms with Crippen molar-refractivity contribution >= 4 is 34.6 Å². The van der Waals surface area contributed by atoms with E-state index in [1.807, 2.05) is 36.4 Å². The number of nitrogen functional groups attached to an aromatic ring is 2. The quantitative estimate of drug-likeness (QED) is 0.602. The number of rotatable bonds is 4. The van der Waals surface area contributed by atoms with Gasteiger partial charge in [0.25, 0.3) is 11.8 Å². The third kappa shape index (κ3) is 3.33. The molecule has 6 heteroatoms. The Hall–Kier alpha value is -4.58. The second-order valence-corrected chi connectivity index (χ2v) is 7.57. The van der Waals surface area contributed by atoms with Crippen LogP contribution in [0.4, 0.5) is 22.7 Å². The monoisotopic (exact) mass is 420 g/mol. The van der Waals surface area contributed by atoms with Gasteiger partial charge in [0.15, 0.2) is 0 Å². The maximum Gasteiger partial charge on any atom is 0.262 e. The van der Waals surface area contributed by atoms with E-state index in [1.54, 1.807) is 70.5 Å². The molecule has 2 aliphatic rings. The largest absolute Gasteiger partial charge is 0.399 e. The summed E-state index contributed by atoms with van der Waals surface area (Å²) in [5.74, 6) is -0.380. The van der Waals surface area contributed by atoms with Crippen LogP contribution in [0.5, 0.6) is 0 Å². The molecule has 3 aromatic rings. The first-order valence-electron chi connectivity index (χ1n) is 10.1. The van der Waals surface area contributed by atoms with E-state index < -0.39 is 0 Å². The molecule has 0 atom stereocenters. The molecular formula is C26H20N4O2. The van der Waals surface area contributed by atoms with Crippen molar-refractivity contribution in [3.05, 3.63) is 120 Å². The van der Waals surface area contributed by atoms with Crippen LogP contribution < -0.4 is 16.4 Å². The fourth-order valence-corrected chi connectivity index (χ4v) is 3.81. The van der Waals surface area contributed by atoms with E-state index in [0.29, 0.717) is 33.9 Å². The van der Waals surface area contributed by atoms with Crippen molar-refractivity contribution < 1.29 is 9.59 Å². The van der Waals surface area contributed by atoms with Crippen molar-refractivity contribution in [2.45, 2.75) is 0 Å². The van der Waals surface area contributed by atoms with E-state index in [1.165, 1.54) is 0 Å². The molecule has 3 aromatic carbocycles. The number of allylic oxidation sites excluding steroid dienone is 4. The van der Waals surface area contributed by atoms with E-state index in [4.69, 9.17) is 11.5 Å². The van der Waals surface area contributed by atoms with Gasteiger partial charge in [0.05, 0.1) is 22.8 Å². The zero-order valence-corrected chi connectivity index (χ0v) is 17.1. The molecule has 0 saturated carbocycles. The normalized spacial score (nSPS) is 13.7. The third-order valence-electron chi connectivity index (χ3n) is 5.39. The van der Waals surface area contributed by atoms with Crippen molar-refractivity contribution in [2.75, 3.05) is 16.4 Å². The molecule has 2 bridgehead atoms. The average Bonchev–Trinajstić information content (AvgIpc) is 2.80. The highest BCUT2D eigenvalue weighted by molar-refractivity contribution is 6.11. The molecule has 5 rings (SSSR count). The van der Waals surface area contributed by atoms with Crippen LogP contribution in [-0.2, 0) is 0 Å². The number of hydrogen-bond donors (Lipinski definition) is 2. The van der Waals surface area contributed by atoms with E-state index in [2.05, 4.69) is 0 Å². The lowest BCUT2D eigenvalue weighted by atomic mass is 10.0. The number of anilines is 4. The van der Waals surface area contributed by atoms with E-state index in [-0.39, 0.29) is 11.8 Å². The lowest BCUT2D eigenvalue weighted by Crippen LogP contribution is -2.36. The Labute approximate surface area is 185 Å². The van der Waals surface area contributed by atoms with Gasteiger partial charge in [0.2, 0.25) is 0 Å². The number of amides is 2. The smallest absolute Gasteiger partial charge is 0.262 e. The first-order chi connectivity index (χ1) is 15.5. The number of fused-ring (bicyclic) bond motifs is 2. The molecule has 0 aliphatic carbocycles. The highest BCUT2D eigenvalue weighted by Crippen LogP contribution is 2.33. The minimum atomic E-state index is -0.255. The molecule has 2 aliphatic heterocycles. The van der Waals surface area contributed by atoms with Crippen LogP contribution in [0.1, 0.15) is 20.7 Å². The minimum absolute atomic E-state index is 0.124. The summed E-state index contributed by atoms with van der Waals surface area (Å²) in [6.45, 7) is 0. The van der Waals surface area contributed by atoms with Crippen LogP contribution in [0.25, 0.3) is 0 Å². The predicted molar refractivity (Wildman–Crippen MR) is 126 cm³/mol. The molecule has 0 aromatic heterocycles. The number of benzene rings is 3. The number of hydrogen-bond acceptors (Lipinski definition) is 4. The molecular weight excluding hydrogens is 400 g/mol. The van der Waals surface area contributed by atoms with Gasteiger partial charge >= 0.3 is 0 Å². The van der Waals surface area contributed by atoms with Gasteiger partial charge in [-0.1, -0.05) is 18.2 Å². The molecule has 4 N–H and O–H groups in total. The Morgan fingerprint density at radius 1 is 0.750 bits per heavy atom. The molecule has 0 spiro atoms. The average molecular weight is 420 g/mol. The summed E-state index contributed by atoms with van der Waals surface area (Å²) >= 11 is 0. The third-order valence-corrected chi connectivity index (χ3v) is 5.39. The summed E-state index contributed by atoms with van der Waals surface area (Å²) in [6.07, 6.45) is 7.64. The SMILES string of the molecule is Nc1cccc(N(C(=O)c2ccc(C(=O)N3c4cccc3c4)cc2)c2cccc(N)c2)c1. The highest BCUT2D eigenvalue weighted by Gasteiger charge is 2.30. The maximum absolute atomic E-state index is 13.5. The summed E-state index contributed by atoms with van der Waals surface area (Å²) in [5.41, 5.74) is 16.9. The van der Waals surface area contributed by atoms with Crippen LogP contribution in [0, 0.1) is 0 Å². The molecule has 156 valence electrons. The maximum atomic E-state index is 13.5. The highest BCUT2D eigenvalue weighted by atomic mass is 16.2. The molecule has 2 amide bonds. The lowest BCUT2D eigenvalue weighted by Gasteiger charge is -2.34. The van der Waals surface area contributed by atoms with Gasteiger partial charge in [-0.05, 0) is 78.9 Å². The van der Waals surface area contributed by atoms with E-state index >= 15 is 0 Å². The Kier molecular flexibility index (Phi) is 4.60.